The van der Waals surface area contributed by atoms with Gasteiger partial charge >= 0.3 is 6.18 Å². The normalized spacial score (nSPS) is 15.5. The Morgan fingerprint density at radius 1 is 0.914 bits per heavy atom. The number of carbonyl (C=O) groups excluding carboxylic acids is 2. The second-order valence-electron chi connectivity index (χ2n) is 8.82. The van der Waals surface area contributed by atoms with Crippen molar-refractivity contribution in [2.75, 3.05) is 13.8 Å². The van der Waals surface area contributed by atoms with E-state index in [0.717, 1.165) is 17.7 Å². The third-order valence-corrected chi connectivity index (χ3v) is 6.60. The molecule has 35 heavy (non-hydrogen) atoms. The molecule has 0 bridgehead atoms. The van der Waals surface area contributed by atoms with Gasteiger partial charge in [0.05, 0.1) is 11.0 Å². The number of hydrogen-bond donors (Lipinski definition) is 1. The summed E-state index contributed by atoms with van der Waals surface area (Å²) in [4.78, 5) is 25.2. The van der Waals surface area contributed by atoms with Crippen LogP contribution in [0.25, 0.3) is 11.1 Å². The minimum absolute atomic E-state index is 0.122. The van der Waals surface area contributed by atoms with Crippen LogP contribution in [0.2, 0.25) is 0 Å². The molecule has 8 heteroatoms. The Bertz CT molecular complexity index is 1310. The molecule has 0 unspecified atom stereocenters. The van der Waals surface area contributed by atoms with E-state index in [9.17, 15) is 22.8 Å². The van der Waals surface area contributed by atoms with Crippen molar-refractivity contribution in [2.24, 2.45) is 0 Å². The zero-order valence-corrected chi connectivity index (χ0v) is 18.9. The minimum Gasteiger partial charge on any atom is -0.454 e. The largest absolute Gasteiger partial charge is 0.454 e. The van der Waals surface area contributed by atoms with Gasteiger partial charge in [0.2, 0.25) is 6.79 Å². The van der Waals surface area contributed by atoms with Crippen LogP contribution in [0.1, 0.15) is 39.9 Å². The van der Waals surface area contributed by atoms with E-state index < -0.39 is 17.2 Å². The van der Waals surface area contributed by atoms with Crippen LogP contribution in [-0.2, 0) is 22.8 Å². The molecule has 1 heterocycles. The summed E-state index contributed by atoms with van der Waals surface area (Å²) in [5.41, 5.74) is 0.809. The van der Waals surface area contributed by atoms with Gasteiger partial charge in [0, 0.05) is 19.0 Å². The highest BCUT2D eigenvalue weighted by atomic mass is 19.4. The van der Waals surface area contributed by atoms with Crippen molar-refractivity contribution < 1.29 is 32.2 Å². The summed E-state index contributed by atoms with van der Waals surface area (Å²) in [5.74, 6) is 0.770. The van der Waals surface area contributed by atoms with Gasteiger partial charge in [0.1, 0.15) is 5.78 Å². The van der Waals surface area contributed by atoms with E-state index in [-0.39, 0.29) is 24.9 Å². The Morgan fingerprint density at radius 2 is 1.63 bits per heavy atom. The van der Waals surface area contributed by atoms with Crippen LogP contribution in [0.15, 0.2) is 60.7 Å². The molecular formula is C27H22F3NO4. The predicted molar refractivity (Wildman–Crippen MR) is 122 cm³/mol. The second kappa shape index (κ2) is 8.45. The van der Waals surface area contributed by atoms with Crippen molar-refractivity contribution in [3.05, 3.63) is 82.9 Å². The fourth-order valence-corrected chi connectivity index (χ4v) is 4.49. The van der Waals surface area contributed by atoms with Crippen LogP contribution in [0.3, 0.4) is 0 Å². The van der Waals surface area contributed by atoms with E-state index in [1.807, 2.05) is 6.07 Å². The molecule has 2 aliphatic rings. The zero-order chi connectivity index (χ0) is 24.8. The van der Waals surface area contributed by atoms with E-state index in [1.165, 1.54) is 7.05 Å². The molecule has 1 amide bonds. The quantitative estimate of drug-likeness (QED) is 0.519. The van der Waals surface area contributed by atoms with E-state index in [2.05, 4.69) is 5.32 Å². The molecule has 5 rings (SSSR count). The molecule has 1 aliphatic carbocycles. The molecule has 5 nitrogen and oxygen atoms in total. The number of nitrogens with one attached hydrogen (secondary N) is 1. The Hall–Kier alpha value is -3.81. The maximum atomic E-state index is 13.7. The van der Waals surface area contributed by atoms with Crippen LogP contribution < -0.4 is 14.8 Å². The molecule has 0 saturated heterocycles. The Kier molecular flexibility index (Phi) is 5.54. The number of halogens is 3. The van der Waals surface area contributed by atoms with Gasteiger partial charge in [-0.1, -0.05) is 24.3 Å². The zero-order valence-electron chi connectivity index (χ0n) is 18.9. The molecule has 0 atom stereocenters. The smallest absolute Gasteiger partial charge is 0.416 e. The monoisotopic (exact) mass is 481 g/mol. The number of hydrogen-bond acceptors (Lipinski definition) is 4. The highest BCUT2D eigenvalue weighted by molar-refractivity contribution is 5.95. The number of fused-ring (bicyclic) bond motifs is 1. The summed E-state index contributed by atoms with van der Waals surface area (Å²) in [6.45, 7) is 0.122. The lowest BCUT2D eigenvalue weighted by Gasteiger charge is -2.17. The van der Waals surface area contributed by atoms with Gasteiger partial charge in [-0.2, -0.15) is 13.2 Å². The van der Waals surface area contributed by atoms with Crippen LogP contribution in [0, 0.1) is 0 Å². The van der Waals surface area contributed by atoms with Crippen LogP contribution in [-0.4, -0.2) is 25.5 Å². The Morgan fingerprint density at radius 3 is 2.29 bits per heavy atom. The molecule has 3 aromatic rings. The second-order valence-corrected chi connectivity index (χ2v) is 8.82. The van der Waals surface area contributed by atoms with E-state index in [4.69, 9.17) is 9.47 Å². The van der Waals surface area contributed by atoms with Crippen molar-refractivity contribution in [2.45, 2.75) is 30.9 Å². The number of benzene rings is 3. The number of rotatable bonds is 6. The van der Waals surface area contributed by atoms with Gasteiger partial charge in [-0.05, 0) is 71.5 Å². The highest BCUT2D eigenvalue weighted by Gasteiger charge is 2.51. The molecule has 0 aromatic heterocycles. The summed E-state index contributed by atoms with van der Waals surface area (Å²) in [5, 5.41) is 2.51. The van der Waals surface area contributed by atoms with Crippen molar-refractivity contribution in [3.8, 4) is 22.6 Å². The van der Waals surface area contributed by atoms with Crippen molar-refractivity contribution in [1.82, 2.24) is 5.32 Å². The molecule has 1 N–H and O–H groups in total. The van der Waals surface area contributed by atoms with Crippen molar-refractivity contribution in [3.63, 3.8) is 0 Å². The summed E-state index contributed by atoms with van der Waals surface area (Å²) in [6, 6.07) is 15.4. The summed E-state index contributed by atoms with van der Waals surface area (Å²) in [6.07, 6.45) is -3.41. The lowest BCUT2D eigenvalue weighted by molar-refractivity contribution is -0.137. The highest BCUT2D eigenvalue weighted by Crippen LogP contribution is 2.51. The predicted octanol–water partition coefficient (Wildman–Crippen LogP) is 5.30. The first-order valence-electron chi connectivity index (χ1n) is 11.2. The van der Waals surface area contributed by atoms with Gasteiger partial charge in [0.25, 0.3) is 5.91 Å². The van der Waals surface area contributed by atoms with Crippen molar-refractivity contribution in [1.29, 1.82) is 0 Å². The lowest BCUT2D eigenvalue weighted by Crippen LogP contribution is -2.22. The molecule has 180 valence electrons. The maximum Gasteiger partial charge on any atom is 0.416 e. The molecule has 0 spiro atoms. The lowest BCUT2D eigenvalue weighted by atomic mass is 9.86. The third kappa shape index (κ3) is 4.36. The average Bonchev–Trinajstić information content (AvgIpc) is 3.53. The van der Waals surface area contributed by atoms with Gasteiger partial charge in [-0.15, -0.1) is 0 Å². The van der Waals surface area contributed by atoms with Crippen molar-refractivity contribution >= 4 is 11.7 Å². The first-order valence-corrected chi connectivity index (χ1v) is 11.2. The number of alkyl halides is 3. The summed E-state index contributed by atoms with van der Waals surface area (Å²) in [7, 11) is 1.50. The van der Waals surface area contributed by atoms with Gasteiger partial charge in [0.15, 0.2) is 11.5 Å². The Labute approximate surface area is 199 Å². The fraction of sp³-hybridized carbons (Fsp3) is 0.259. The summed E-state index contributed by atoms with van der Waals surface area (Å²) < 4.78 is 51.8. The van der Waals surface area contributed by atoms with E-state index in [0.29, 0.717) is 46.6 Å². The third-order valence-electron chi connectivity index (χ3n) is 6.60. The SMILES string of the molecule is CNC(=O)c1ccc(-c2cc(CC(=O)C3(c4ccc5c(c4)OCO5)CC3)cc(C(F)(F)F)c2)cc1. The number of carbonyl (C=O) groups is 2. The Balaban J connectivity index is 1.45. The average molecular weight is 481 g/mol. The fourth-order valence-electron chi connectivity index (χ4n) is 4.49. The van der Waals surface area contributed by atoms with E-state index >= 15 is 0 Å². The topological polar surface area (TPSA) is 64.6 Å². The molecule has 1 fully saturated rings. The van der Waals surface area contributed by atoms with Gasteiger partial charge in [-0.25, -0.2) is 0 Å². The van der Waals surface area contributed by atoms with Gasteiger partial charge in [-0.3, -0.25) is 9.59 Å². The van der Waals surface area contributed by atoms with Crippen LogP contribution >= 0.6 is 0 Å². The number of amides is 1. The summed E-state index contributed by atoms with van der Waals surface area (Å²) >= 11 is 0. The molecule has 3 aromatic carbocycles. The van der Waals surface area contributed by atoms with Crippen LogP contribution in [0.4, 0.5) is 13.2 Å². The standard InChI is InChI=1S/C27H22F3NO4/c1-31-25(33)18-4-2-17(3-5-18)19-10-16(11-21(13-19)27(28,29)30)12-24(32)26(8-9-26)20-6-7-22-23(14-20)35-15-34-22/h2-7,10-11,13-14H,8-9,12,15H2,1H3,(H,31,33). The minimum atomic E-state index is -4.57. The molecule has 0 radical (unpaired) electrons. The molecular weight excluding hydrogens is 459 g/mol. The first kappa shape index (κ1) is 23.0. The molecule has 1 aliphatic heterocycles. The van der Waals surface area contributed by atoms with Crippen LogP contribution in [0.5, 0.6) is 11.5 Å². The number of Topliss-reactive ketones (excluding diaryl/α,β-unsaturated/α-hetero) is 1. The maximum absolute atomic E-state index is 13.7. The van der Waals surface area contributed by atoms with E-state index in [1.54, 1.807) is 42.5 Å². The molecule has 1 saturated carbocycles. The first-order chi connectivity index (χ1) is 16.7. The number of ketones is 1. The van der Waals surface area contributed by atoms with Gasteiger partial charge < -0.3 is 14.8 Å². The number of ether oxygens (including phenoxy) is 2.